The van der Waals surface area contributed by atoms with Gasteiger partial charge < -0.3 is 10.2 Å². The van der Waals surface area contributed by atoms with Gasteiger partial charge in [0, 0.05) is 25.4 Å². The van der Waals surface area contributed by atoms with Crippen molar-refractivity contribution in [2.45, 2.75) is 25.8 Å². The maximum atomic E-state index is 12.4. The van der Waals surface area contributed by atoms with Gasteiger partial charge in [-0.05, 0) is 37.5 Å². The number of hydrogen-bond donors (Lipinski definition) is 1. The lowest BCUT2D eigenvalue weighted by molar-refractivity contribution is -0.132. The fourth-order valence-corrected chi connectivity index (χ4v) is 3.14. The zero-order chi connectivity index (χ0) is 14.8. The maximum Gasteiger partial charge on any atom is 0.246 e. The molecule has 0 radical (unpaired) electrons. The third-order valence-electron chi connectivity index (χ3n) is 4.32. The maximum absolute atomic E-state index is 12.4. The van der Waals surface area contributed by atoms with Crippen molar-refractivity contribution in [2.75, 3.05) is 13.1 Å². The van der Waals surface area contributed by atoms with Gasteiger partial charge >= 0.3 is 0 Å². The number of pyridine rings is 1. The first-order valence-corrected chi connectivity index (χ1v) is 7.35. The second kappa shape index (κ2) is 5.68. The zero-order valence-electron chi connectivity index (χ0n) is 12.1. The van der Waals surface area contributed by atoms with Gasteiger partial charge in [0.05, 0.1) is 17.7 Å². The highest BCUT2D eigenvalue weighted by atomic mass is 16.2. The van der Waals surface area contributed by atoms with E-state index in [9.17, 15) is 9.59 Å². The third-order valence-corrected chi connectivity index (χ3v) is 4.32. The molecule has 2 atom stereocenters. The van der Waals surface area contributed by atoms with E-state index in [2.05, 4.69) is 10.3 Å². The quantitative estimate of drug-likeness (QED) is 0.829. The number of amides is 2. The van der Waals surface area contributed by atoms with Crippen LogP contribution in [0.4, 0.5) is 0 Å². The lowest BCUT2D eigenvalue weighted by Gasteiger charge is -2.35. The van der Waals surface area contributed by atoms with Crippen LogP contribution in [0, 0.1) is 12.8 Å². The molecule has 2 fully saturated rings. The molecule has 1 aromatic heterocycles. The average molecular weight is 285 g/mol. The highest BCUT2D eigenvalue weighted by Crippen LogP contribution is 2.27. The SMILES string of the molecule is Cc1cccnc1/C=C/C(=O)N1CCC[C@H]2C(=O)NC[C@H]21. The van der Waals surface area contributed by atoms with Crippen LogP contribution in [0.5, 0.6) is 0 Å². The highest BCUT2D eigenvalue weighted by Gasteiger charge is 2.41. The van der Waals surface area contributed by atoms with Crippen LogP contribution >= 0.6 is 0 Å². The van der Waals surface area contributed by atoms with Crippen LogP contribution in [0.25, 0.3) is 6.08 Å². The summed E-state index contributed by atoms with van der Waals surface area (Å²) in [6, 6.07) is 3.85. The van der Waals surface area contributed by atoms with Crippen molar-refractivity contribution in [1.29, 1.82) is 0 Å². The fraction of sp³-hybridized carbons (Fsp3) is 0.438. The Labute approximate surface area is 124 Å². The van der Waals surface area contributed by atoms with E-state index in [0.717, 1.165) is 30.6 Å². The van der Waals surface area contributed by atoms with Gasteiger partial charge in [-0.15, -0.1) is 0 Å². The third kappa shape index (κ3) is 2.68. The lowest BCUT2D eigenvalue weighted by atomic mass is 9.91. The predicted octanol–water partition coefficient (Wildman–Crippen LogP) is 1.14. The summed E-state index contributed by atoms with van der Waals surface area (Å²) in [5.41, 5.74) is 1.84. The van der Waals surface area contributed by atoms with Crippen molar-refractivity contribution >= 4 is 17.9 Å². The first kappa shape index (κ1) is 13.8. The van der Waals surface area contributed by atoms with Crippen molar-refractivity contribution < 1.29 is 9.59 Å². The van der Waals surface area contributed by atoms with Crippen molar-refractivity contribution in [2.24, 2.45) is 5.92 Å². The molecule has 3 heterocycles. The summed E-state index contributed by atoms with van der Waals surface area (Å²) in [6.45, 7) is 3.26. The first-order chi connectivity index (χ1) is 10.2. The fourth-order valence-electron chi connectivity index (χ4n) is 3.14. The number of aromatic nitrogens is 1. The van der Waals surface area contributed by atoms with E-state index in [1.807, 2.05) is 24.0 Å². The first-order valence-electron chi connectivity index (χ1n) is 7.35. The standard InChI is InChI=1S/C16H19N3O2/c1-11-4-2-8-17-13(11)6-7-15(20)19-9-3-5-12-14(19)10-18-16(12)21/h2,4,6-8,12,14H,3,5,9-10H2,1H3,(H,18,21)/b7-6+/t12-,14-/m1/s1. The number of carbonyl (C=O) groups excluding carboxylic acids is 2. The Morgan fingerprint density at radius 2 is 2.38 bits per heavy atom. The molecule has 2 aliphatic heterocycles. The van der Waals surface area contributed by atoms with Gasteiger partial charge in [0.25, 0.3) is 0 Å². The van der Waals surface area contributed by atoms with Crippen molar-refractivity contribution in [3.8, 4) is 0 Å². The Bertz CT molecular complexity index is 597. The van der Waals surface area contributed by atoms with E-state index >= 15 is 0 Å². The second-order valence-corrected chi connectivity index (χ2v) is 5.63. The number of aryl methyl sites for hydroxylation is 1. The smallest absolute Gasteiger partial charge is 0.246 e. The van der Waals surface area contributed by atoms with Crippen molar-refractivity contribution in [3.05, 3.63) is 35.7 Å². The molecule has 2 aliphatic rings. The molecule has 1 N–H and O–H groups in total. The van der Waals surface area contributed by atoms with Crippen molar-refractivity contribution in [1.82, 2.24) is 15.2 Å². The number of nitrogens with one attached hydrogen (secondary N) is 1. The van der Waals surface area contributed by atoms with E-state index in [1.165, 1.54) is 0 Å². The molecular weight excluding hydrogens is 266 g/mol. The molecular formula is C16H19N3O2. The number of fused-ring (bicyclic) bond motifs is 1. The van der Waals surface area contributed by atoms with E-state index in [0.29, 0.717) is 6.54 Å². The minimum Gasteiger partial charge on any atom is -0.354 e. The van der Waals surface area contributed by atoms with Crippen molar-refractivity contribution in [3.63, 3.8) is 0 Å². The summed E-state index contributed by atoms with van der Waals surface area (Å²) >= 11 is 0. The summed E-state index contributed by atoms with van der Waals surface area (Å²) in [7, 11) is 0. The molecule has 110 valence electrons. The number of piperidine rings is 1. The van der Waals surface area contributed by atoms with Crippen LogP contribution in [-0.4, -0.2) is 40.8 Å². The molecule has 2 saturated heterocycles. The molecule has 3 rings (SSSR count). The summed E-state index contributed by atoms with van der Waals surface area (Å²) in [4.78, 5) is 30.2. The Morgan fingerprint density at radius 1 is 1.52 bits per heavy atom. The molecule has 2 amide bonds. The number of likely N-dealkylation sites (tertiary alicyclic amines) is 1. The highest BCUT2D eigenvalue weighted by molar-refractivity contribution is 5.93. The van der Waals surface area contributed by atoms with Gasteiger partial charge in [0.1, 0.15) is 0 Å². The van der Waals surface area contributed by atoms with Crippen LogP contribution in [0.2, 0.25) is 0 Å². The van der Waals surface area contributed by atoms with E-state index in [1.54, 1.807) is 18.3 Å². The summed E-state index contributed by atoms with van der Waals surface area (Å²) in [5.74, 6) is 0.0148. The summed E-state index contributed by atoms with van der Waals surface area (Å²) in [6.07, 6.45) is 6.81. The van der Waals surface area contributed by atoms with Gasteiger partial charge in [-0.2, -0.15) is 0 Å². The topological polar surface area (TPSA) is 62.3 Å². The van der Waals surface area contributed by atoms with Gasteiger partial charge in [-0.25, -0.2) is 0 Å². The van der Waals surface area contributed by atoms with Crippen LogP contribution in [0.1, 0.15) is 24.1 Å². The van der Waals surface area contributed by atoms with Crippen LogP contribution in [-0.2, 0) is 9.59 Å². The molecule has 5 heteroatoms. The predicted molar refractivity (Wildman–Crippen MR) is 79.2 cm³/mol. The van der Waals surface area contributed by atoms with E-state index < -0.39 is 0 Å². The Morgan fingerprint density at radius 3 is 3.19 bits per heavy atom. The summed E-state index contributed by atoms with van der Waals surface area (Å²) in [5, 5.41) is 2.86. The minimum atomic E-state index is -0.0359. The van der Waals surface area contributed by atoms with Gasteiger partial charge in [0.2, 0.25) is 11.8 Å². The molecule has 0 bridgehead atoms. The van der Waals surface area contributed by atoms with Gasteiger partial charge in [-0.3, -0.25) is 14.6 Å². The minimum absolute atomic E-state index is 0.00762. The normalized spacial score (nSPS) is 25.0. The largest absolute Gasteiger partial charge is 0.354 e. The van der Waals surface area contributed by atoms with Crippen LogP contribution in [0.15, 0.2) is 24.4 Å². The Balaban J connectivity index is 1.73. The van der Waals surface area contributed by atoms with Gasteiger partial charge in [0.15, 0.2) is 0 Å². The molecule has 5 nitrogen and oxygen atoms in total. The number of nitrogens with zero attached hydrogens (tertiary/aromatic N) is 2. The molecule has 0 unspecified atom stereocenters. The molecule has 0 saturated carbocycles. The van der Waals surface area contributed by atoms with E-state index in [-0.39, 0.29) is 23.8 Å². The number of carbonyl (C=O) groups is 2. The number of rotatable bonds is 2. The lowest BCUT2D eigenvalue weighted by Crippen LogP contribution is -2.48. The molecule has 21 heavy (non-hydrogen) atoms. The van der Waals surface area contributed by atoms with Crippen LogP contribution in [0.3, 0.4) is 0 Å². The Kier molecular flexibility index (Phi) is 3.73. The number of hydrogen-bond acceptors (Lipinski definition) is 3. The van der Waals surface area contributed by atoms with Gasteiger partial charge in [-0.1, -0.05) is 6.07 Å². The Hall–Kier alpha value is -2.17. The van der Waals surface area contributed by atoms with Crippen LogP contribution < -0.4 is 5.32 Å². The van der Waals surface area contributed by atoms with E-state index in [4.69, 9.17) is 0 Å². The summed E-state index contributed by atoms with van der Waals surface area (Å²) < 4.78 is 0. The second-order valence-electron chi connectivity index (χ2n) is 5.63. The molecule has 1 aromatic rings. The molecule has 0 aromatic carbocycles. The zero-order valence-corrected chi connectivity index (χ0v) is 12.1. The molecule has 0 aliphatic carbocycles. The monoisotopic (exact) mass is 285 g/mol. The molecule has 0 spiro atoms. The average Bonchev–Trinajstić information content (AvgIpc) is 2.88.